The van der Waals surface area contributed by atoms with Crippen LogP contribution in [-0.2, 0) is 6.42 Å². The van der Waals surface area contributed by atoms with Gasteiger partial charge in [-0.2, -0.15) is 0 Å². The minimum atomic E-state index is 0.290. The molecule has 2 heteroatoms. The summed E-state index contributed by atoms with van der Waals surface area (Å²) in [5, 5.41) is 9.54. The van der Waals surface area contributed by atoms with Gasteiger partial charge in [-0.05, 0) is 47.7 Å². The van der Waals surface area contributed by atoms with Gasteiger partial charge in [-0.15, -0.1) is 0 Å². The van der Waals surface area contributed by atoms with Crippen LogP contribution in [0, 0.1) is 0 Å². The molecule has 1 unspecified atom stereocenters. The van der Waals surface area contributed by atoms with Gasteiger partial charge in [0.2, 0.25) is 0 Å². The molecule has 0 heterocycles. The van der Waals surface area contributed by atoms with Crippen LogP contribution in [0.3, 0.4) is 0 Å². The summed E-state index contributed by atoms with van der Waals surface area (Å²) in [6.07, 6.45) is 0.853. The van der Waals surface area contributed by atoms with Crippen molar-refractivity contribution in [1.82, 2.24) is 0 Å². The van der Waals surface area contributed by atoms with E-state index in [0.29, 0.717) is 18.2 Å². The van der Waals surface area contributed by atoms with E-state index in [9.17, 15) is 5.11 Å². The van der Waals surface area contributed by atoms with Crippen LogP contribution in [0.5, 0.6) is 5.75 Å². The molecule has 0 amide bonds. The summed E-state index contributed by atoms with van der Waals surface area (Å²) in [6, 6.07) is 16.1. The molecule has 0 saturated heterocycles. The van der Waals surface area contributed by atoms with E-state index < -0.39 is 0 Å². The van der Waals surface area contributed by atoms with Crippen molar-refractivity contribution in [2.45, 2.75) is 32.1 Å². The molecule has 2 aromatic rings. The van der Waals surface area contributed by atoms with Crippen molar-refractivity contribution in [3.05, 3.63) is 65.2 Å². The smallest absolute Gasteiger partial charge is 0.115 e. The highest BCUT2D eigenvalue weighted by Crippen LogP contribution is 2.24. The van der Waals surface area contributed by atoms with Crippen LogP contribution in [0.4, 0.5) is 0 Å². The average molecular weight is 269 g/mol. The first-order chi connectivity index (χ1) is 9.60. The van der Waals surface area contributed by atoms with E-state index in [1.165, 1.54) is 11.1 Å². The molecule has 106 valence electrons. The molecule has 2 aromatic carbocycles. The van der Waals surface area contributed by atoms with Crippen molar-refractivity contribution in [3.63, 3.8) is 0 Å². The topological polar surface area (TPSA) is 46.2 Å². The monoisotopic (exact) mass is 269 g/mol. The lowest BCUT2D eigenvalue weighted by molar-refractivity contribution is 0.474. The second kappa shape index (κ2) is 6.58. The normalized spacial score (nSPS) is 12.6. The minimum absolute atomic E-state index is 0.290. The lowest BCUT2D eigenvalue weighted by Gasteiger charge is -2.16. The number of nitrogens with two attached hydrogens (primary N) is 1. The maximum Gasteiger partial charge on any atom is 0.115 e. The Morgan fingerprint density at radius 2 is 1.65 bits per heavy atom. The fourth-order valence-electron chi connectivity index (χ4n) is 2.46. The molecule has 20 heavy (non-hydrogen) atoms. The zero-order chi connectivity index (χ0) is 14.5. The summed E-state index contributed by atoms with van der Waals surface area (Å²) in [7, 11) is 0. The molecule has 0 aromatic heterocycles. The third-order valence-electron chi connectivity index (χ3n) is 3.75. The molecule has 0 aliphatic rings. The molecule has 1 atom stereocenters. The van der Waals surface area contributed by atoms with Gasteiger partial charge < -0.3 is 10.8 Å². The van der Waals surface area contributed by atoms with Gasteiger partial charge in [0, 0.05) is 5.92 Å². The standard InChI is InChI=1S/C18H23NO/c1-13(2)15-6-8-16(9-7-15)17(12-19)10-14-4-3-5-18(20)11-14/h3-9,11,13,17,20H,10,12,19H2,1-2H3. The second-order valence-corrected chi connectivity index (χ2v) is 5.63. The van der Waals surface area contributed by atoms with Gasteiger partial charge in [-0.1, -0.05) is 50.2 Å². The first-order valence-electron chi connectivity index (χ1n) is 7.18. The Morgan fingerprint density at radius 1 is 1.00 bits per heavy atom. The Balaban J connectivity index is 2.15. The van der Waals surface area contributed by atoms with E-state index in [-0.39, 0.29) is 5.92 Å². The molecule has 0 aliphatic heterocycles. The van der Waals surface area contributed by atoms with Crippen LogP contribution in [0.2, 0.25) is 0 Å². The van der Waals surface area contributed by atoms with E-state index in [2.05, 4.69) is 38.1 Å². The van der Waals surface area contributed by atoms with Crippen LogP contribution in [0.1, 0.15) is 42.4 Å². The van der Waals surface area contributed by atoms with Gasteiger partial charge in [0.05, 0.1) is 0 Å². The lowest BCUT2D eigenvalue weighted by Crippen LogP contribution is -2.15. The highest BCUT2D eigenvalue weighted by Gasteiger charge is 2.11. The zero-order valence-corrected chi connectivity index (χ0v) is 12.2. The molecular formula is C18H23NO. The summed E-state index contributed by atoms with van der Waals surface area (Å²) in [4.78, 5) is 0. The molecule has 3 N–H and O–H groups in total. The summed E-state index contributed by atoms with van der Waals surface area (Å²) in [6.45, 7) is 5.00. The first kappa shape index (κ1) is 14.6. The Kier molecular flexibility index (Phi) is 4.80. The summed E-state index contributed by atoms with van der Waals surface area (Å²) >= 11 is 0. The highest BCUT2D eigenvalue weighted by atomic mass is 16.3. The van der Waals surface area contributed by atoms with Crippen molar-refractivity contribution in [2.75, 3.05) is 6.54 Å². The maximum atomic E-state index is 9.54. The SMILES string of the molecule is CC(C)c1ccc(C(CN)Cc2cccc(O)c2)cc1. The van der Waals surface area contributed by atoms with Crippen LogP contribution in [0.15, 0.2) is 48.5 Å². The molecule has 0 saturated carbocycles. The quantitative estimate of drug-likeness (QED) is 0.867. The largest absolute Gasteiger partial charge is 0.508 e. The molecule has 0 fully saturated rings. The highest BCUT2D eigenvalue weighted by molar-refractivity contribution is 5.32. The molecule has 0 radical (unpaired) electrons. The maximum absolute atomic E-state index is 9.54. The summed E-state index contributed by atoms with van der Waals surface area (Å²) in [5.41, 5.74) is 9.66. The van der Waals surface area contributed by atoms with Gasteiger partial charge in [-0.25, -0.2) is 0 Å². The number of hydrogen-bond acceptors (Lipinski definition) is 2. The molecule has 0 bridgehead atoms. The number of hydrogen-bond donors (Lipinski definition) is 2. The van der Waals surface area contributed by atoms with Gasteiger partial charge >= 0.3 is 0 Å². The lowest BCUT2D eigenvalue weighted by atomic mass is 9.90. The number of phenolic OH excluding ortho intramolecular Hbond substituents is 1. The Bertz CT molecular complexity index is 546. The van der Waals surface area contributed by atoms with Crippen molar-refractivity contribution >= 4 is 0 Å². The molecule has 2 nitrogen and oxygen atoms in total. The van der Waals surface area contributed by atoms with E-state index in [1.54, 1.807) is 6.07 Å². The van der Waals surface area contributed by atoms with Gasteiger partial charge in [-0.3, -0.25) is 0 Å². The van der Waals surface area contributed by atoms with Crippen molar-refractivity contribution < 1.29 is 5.11 Å². The molecule has 0 aliphatic carbocycles. The predicted molar refractivity (Wildman–Crippen MR) is 84.1 cm³/mol. The van der Waals surface area contributed by atoms with E-state index in [0.717, 1.165) is 12.0 Å². The van der Waals surface area contributed by atoms with E-state index in [1.807, 2.05) is 18.2 Å². The Labute approximate surface area is 121 Å². The van der Waals surface area contributed by atoms with Crippen molar-refractivity contribution in [1.29, 1.82) is 0 Å². The number of benzene rings is 2. The van der Waals surface area contributed by atoms with Gasteiger partial charge in [0.25, 0.3) is 0 Å². The van der Waals surface area contributed by atoms with Crippen LogP contribution in [0.25, 0.3) is 0 Å². The van der Waals surface area contributed by atoms with Crippen molar-refractivity contribution in [2.24, 2.45) is 5.73 Å². The summed E-state index contributed by atoms with van der Waals surface area (Å²) in [5.74, 6) is 1.15. The van der Waals surface area contributed by atoms with Crippen LogP contribution < -0.4 is 5.73 Å². The Morgan fingerprint density at radius 3 is 2.20 bits per heavy atom. The minimum Gasteiger partial charge on any atom is -0.508 e. The predicted octanol–water partition coefficient (Wildman–Crippen LogP) is 3.80. The average Bonchev–Trinajstić information content (AvgIpc) is 2.45. The third-order valence-corrected chi connectivity index (χ3v) is 3.75. The first-order valence-corrected chi connectivity index (χ1v) is 7.18. The van der Waals surface area contributed by atoms with Gasteiger partial charge in [0.1, 0.15) is 5.75 Å². The molecular weight excluding hydrogens is 246 g/mol. The third kappa shape index (κ3) is 3.61. The Hall–Kier alpha value is -1.80. The van der Waals surface area contributed by atoms with Crippen LogP contribution in [-0.4, -0.2) is 11.7 Å². The van der Waals surface area contributed by atoms with Gasteiger partial charge in [0.15, 0.2) is 0 Å². The van der Waals surface area contributed by atoms with E-state index >= 15 is 0 Å². The summed E-state index contributed by atoms with van der Waals surface area (Å²) < 4.78 is 0. The fourth-order valence-corrected chi connectivity index (χ4v) is 2.46. The second-order valence-electron chi connectivity index (χ2n) is 5.63. The van der Waals surface area contributed by atoms with Crippen molar-refractivity contribution in [3.8, 4) is 5.75 Å². The fraction of sp³-hybridized carbons (Fsp3) is 0.333. The number of phenols is 1. The number of aromatic hydroxyl groups is 1. The van der Waals surface area contributed by atoms with E-state index in [4.69, 9.17) is 5.73 Å². The molecule has 2 rings (SSSR count). The molecule has 0 spiro atoms. The number of rotatable bonds is 5. The zero-order valence-electron chi connectivity index (χ0n) is 12.2. The van der Waals surface area contributed by atoms with Crippen LogP contribution >= 0.6 is 0 Å².